The van der Waals surface area contributed by atoms with Gasteiger partial charge in [0, 0.05) is 12.3 Å². The van der Waals surface area contributed by atoms with Gasteiger partial charge >= 0.3 is 11.7 Å². The predicted octanol–water partition coefficient (Wildman–Crippen LogP) is 2.62. The summed E-state index contributed by atoms with van der Waals surface area (Å²) in [4.78, 5) is 24.5. The molecule has 0 saturated heterocycles. The number of pyridine rings is 1. The van der Waals surface area contributed by atoms with Gasteiger partial charge in [-0.25, -0.2) is 14.2 Å². The van der Waals surface area contributed by atoms with E-state index in [9.17, 15) is 19.3 Å². The van der Waals surface area contributed by atoms with Gasteiger partial charge in [-0.1, -0.05) is 6.07 Å². The largest absolute Gasteiger partial charge is 0.476 e. The number of hydrogen-bond donors (Lipinski definition) is 1. The summed E-state index contributed by atoms with van der Waals surface area (Å²) in [5, 5.41) is 19.7. The summed E-state index contributed by atoms with van der Waals surface area (Å²) in [7, 11) is 0. The van der Waals surface area contributed by atoms with Crippen LogP contribution in [0.2, 0.25) is 0 Å². The minimum atomic E-state index is -1.39. The first-order chi connectivity index (χ1) is 9.50. The molecule has 0 bridgehead atoms. The Morgan fingerprint density at radius 2 is 2.10 bits per heavy atom. The molecule has 1 heterocycles. The Hall–Kier alpha value is -3.03. The number of aromatic carboxylic acids is 1. The molecule has 0 unspecified atom stereocenters. The molecule has 1 aromatic carbocycles. The summed E-state index contributed by atoms with van der Waals surface area (Å²) in [6.45, 7) is 0. The van der Waals surface area contributed by atoms with Crippen molar-refractivity contribution in [2.75, 3.05) is 0 Å². The maximum absolute atomic E-state index is 13.6. The zero-order chi connectivity index (χ0) is 14.7. The van der Waals surface area contributed by atoms with E-state index in [1.807, 2.05) is 0 Å². The molecule has 2 aromatic rings. The highest BCUT2D eigenvalue weighted by Gasteiger charge is 2.22. The number of nitro groups is 1. The number of benzene rings is 1. The number of hydrogen-bond acceptors (Lipinski definition) is 5. The summed E-state index contributed by atoms with van der Waals surface area (Å²) in [6.07, 6.45) is 1.21. The minimum Gasteiger partial charge on any atom is -0.476 e. The van der Waals surface area contributed by atoms with Crippen LogP contribution in [0, 0.1) is 15.9 Å². The highest BCUT2D eigenvalue weighted by molar-refractivity contribution is 5.88. The summed E-state index contributed by atoms with van der Waals surface area (Å²) >= 11 is 0. The van der Waals surface area contributed by atoms with Gasteiger partial charge < -0.3 is 9.84 Å². The van der Waals surface area contributed by atoms with Gasteiger partial charge in [0.2, 0.25) is 5.75 Å². The highest BCUT2D eigenvalue weighted by atomic mass is 19.1. The van der Waals surface area contributed by atoms with Crippen LogP contribution in [-0.2, 0) is 0 Å². The van der Waals surface area contributed by atoms with Crippen LogP contribution >= 0.6 is 0 Å². The van der Waals surface area contributed by atoms with E-state index in [0.717, 1.165) is 18.2 Å². The SMILES string of the molecule is O=C(O)c1ncccc1Oc1c(F)cccc1[N+](=O)[O-]. The zero-order valence-electron chi connectivity index (χ0n) is 9.82. The van der Waals surface area contributed by atoms with Crippen LogP contribution in [0.5, 0.6) is 11.5 Å². The number of rotatable bonds is 4. The molecule has 0 aliphatic carbocycles. The number of halogens is 1. The van der Waals surface area contributed by atoms with Crippen LogP contribution in [0.3, 0.4) is 0 Å². The molecule has 2 rings (SSSR count). The van der Waals surface area contributed by atoms with Gasteiger partial charge in [-0.05, 0) is 18.2 Å². The predicted molar refractivity (Wildman–Crippen MR) is 64.3 cm³/mol. The van der Waals surface area contributed by atoms with Gasteiger partial charge in [-0.15, -0.1) is 0 Å². The summed E-state index contributed by atoms with van der Waals surface area (Å²) in [5.41, 5.74) is -1.07. The molecule has 0 aliphatic rings. The molecule has 8 heteroatoms. The van der Waals surface area contributed by atoms with Crippen LogP contribution < -0.4 is 4.74 Å². The molecule has 1 N–H and O–H groups in total. The first kappa shape index (κ1) is 13.4. The summed E-state index contributed by atoms with van der Waals surface area (Å²) in [6, 6.07) is 5.77. The van der Waals surface area contributed by atoms with Crippen LogP contribution in [0.4, 0.5) is 10.1 Å². The number of nitro benzene ring substituents is 1. The Morgan fingerprint density at radius 1 is 1.35 bits per heavy atom. The van der Waals surface area contributed by atoms with Crippen molar-refractivity contribution < 1.29 is 24.0 Å². The van der Waals surface area contributed by atoms with Crippen molar-refractivity contribution in [3.05, 3.63) is 58.2 Å². The number of nitrogens with zero attached hydrogens (tertiary/aromatic N) is 2. The lowest BCUT2D eigenvalue weighted by molar-refractivity contribution is -0.385. The van der Waals surface area contributed by atoms with E-state index in [4.69, 9.17) is 9.84 Å². The second-order valence-corrected chi connectivity index (χ2v) is 3.60. The zero-order valence-corrected chi connectivity index (χ0v) is 9.82. The van der Waals surface area contributed by atoms with E-state index >= 15 is 0 Å². The monoisotopic (exact) mass is 278 g/mol. The Bertz CT molecular complexity index is 689. The van der Waals surface area contributed by atoms with Crippen LogP contribution in [-0.4, -0.2) is 21.0 Å². The average molecular weight is 278 g/mol. The van der Waals surface area contributed by atoms with E-state index in [0.29, 0.717) is 0 Å². The molecule has 20 heavy (non-hydrogen) atoms. The third-order valence-corrected chi connectivity index (χ3v) is 2.33. The molecule has 7 nitrogen and oxygen atoms in total. The maximum atomic E-state index is 13.6. The quantitative estimate of drug-likeness (QED) is 0.681. The third-order valence-electron chi connectivity index (χ3n) is 2.33. The molecule has 0 radical (unpaired) electrons. The average Bonchev–Trinajstić information content (AvgIpc) is 2.41. The molecule has 0 amide bonds. The van der Waals surface area contributed by atoms with Crippen LogP contribution in [0.1, 0.15) is 10.5 Å². The van der Waals surface area contributed by atoms with Gasteiger partial charge in [0.15, 0.2) is 17.3 Å². The van der Waals surface area contributed by atoms with Gasteiger partial charge in [0.25, 0.3) is 0 Å². The molecule has 0 aliphatic heterocycles. The highest BCUT2D eigenvalue weighted by Crippen LogP contribution is 2.34. The second-order valence-electron chi connectivity index (χ2n) is 3.60. The number of carboxylic acid groups (broad SMARTS) is 1. The van der Waals surface area contributed by atoms with Gasteiger partial charge in [-0.3, -0.25) is 10.1 Å². The number of ether oxygens (including phenoxy) is 1. The molecule has 0 saturated carbocycles. The molecular weight excluding hydrogens is 271 g/mol. The molecule has 102 valence electrons. The Balaban J connectivity index is 2.51. The topological polar surface area (TPSA) is 103 Å². The van der Waals surface area contributed by atoms with Crippen molar-refractivity contribution in [1.82, 2.24) is 4.98 Å². The maximum Gasteiger partial charge on any atom is 0.358 e. The van der Waals surface area contributed by atoms with Crippen LogP contribution in [0.15, 0.2) is 36.5 Å². The summed E-state index contributed by atoms with van der Waals surface area (Å²) in [5.74, 6) is -3.31. The molecule has 0 fully saturated rings. The fourth-order valence-electron chi connectivity index (χ4n) is 1.49. The van der Waals surface area contributed by atoms with Gasteiger partial charge in [0.05, 0.1) is 4.92 Å². The first-order valence-corrected chi connectivity index (χ1v) is 5.29. The molecular formula is C12H7FN2O5. The number of para-hydroxylation sites is 1. The number of aromatic nitrogens is 1. The normalized spacial score (nSPS) is 10.1. The fourth-order valence-corrected chi connectivity index (χ4v) is 1.49. The van der Waals surface area contributed by atoms with E-state index in [1.54, 1.807) is 0 Å². The fraction of sp³-hybridized carbons (Fsp3) is 0. The standard InChI is InChI=1S/C12H7FN2O5/c13-7-3-1-4-8(15(18)19)11(7)20-9-5-2-6-14-10(9)12(16)17/h1-6H,(H,16,17). The van der Waals surface area contributed by atoms with Crippen molar-refractivity contribution in [3.8, 4) is 11.5 Å². The van der Waals surface area contributed by atoms with Crippen molar-refractivity contribution in [2.24, 2.45) is 0 Å². The first-order valence-electron chi connectivity index (χ1n) is 5.29. The Labute approximate surface area is 111 Å². The molecule has 0 atom stereocenters. The molecule has 0 spiro atoms. The lowest BCUT2D eigenvalue weighted by Crippen LogP contribution is -2.04. The Morgan fingerprint density at radius 3 is 2.75 bits per heavy atom. The number of carbonyl (C=O) groups is 1. The van der Waals surface area contributed by atoms with Crippen molar-refractivity contribution in [1.29, 1.82) is 0 Å². The minimum absolute atomic E-state index is 0.284. The van der Waals surface area contributed by atoms with Gasteiger partial charge in [-0.2, -0.15) is 0 Å². The van der Waals surface area contributed by atoms with Gasteiger partial charge in [0.1, 0.15) is 0 Å². The van der Waals surface area contributed by atoms with Crippen molar-refractivity contribution >= 4 is 11.7 Å². The van der Waals surface area contributed by atoms with E-state index < -0.39 is 33.8 Å². The lowest BCUT2D eigenvalue weighted by atomic mass is 10.2. The lowest BCUT2D eigenvalue weighted by Gasteiger charge is -2.08. The smallest absolute Gasteiger partial charge is 0.358 e. The Kier molecular flexibility index (Phi) is 3.56. The van der Waals surface area contributed by atoms with Crippen LogP contribution in [0.25, 0.3) is 0 Å². The van der Waals surface area contributed by atoms with E-state index in [1.165, 1.54) is 18.3 Å². The number of carboxylic acids is 1. The van der Waals surface area contributed by atoms with E-state index in [2.05, 4.69) is 4.98 Å². The third kappa shape index (κ3) is 2.53. The van der Waals surface area contributed by atoms with Crippen molar-refractivity contribution in [3.63, 3.8) is 0 Å². The summed E-state index contributed by atoms with van der Waals surface area (Å²) < 4.78 is 18.7. The molecule has 1 aromatic heterocycles. The van der Waals surface area contributed by atoms with E-state index in [-0.39, 0.29) is 5.75 Å². The van der Waals surface area contributed by atoms with Crippen molar-refractivity contribution in [2.45, 2.75) is 0 Å². The second kappa shape index (κ2) is 5.31.